The third-order valence-electron chi connectivity index (χ3n) is 5.59. The van der Waals surface area contributed by atoms with Crippen molar-refractivity contribution in [2.45, 2.75) is 19.3 Å². The number of phenols is 1. The first-order valence-corrected chi connectivity index (χ1v) is 11.1. The van der Waals surface area contributed by atoms with Gasteiger partial charge in [-0.25, -0.2) is 0 Å². The molecule has 4 N–H and O–H groups in total. The largest absolute Gasteiger partial charge is 0.504 e. The van der Waals surface area contributed by atoms with Crippen molar-refractivity contribution in [2.75, 3.05) is 52.3 Å². The van der Waals surface area contributed by atoms with Crippen LogP contribution in [-0.2, 0) is 0 Å². The molecule has 0 atom stereocenters. The summed E-state index contributed by atoms with van der Waals surface area (Å²) in [5.41, 5.74) is 7.11. The highest BCUT2D eigenvalue weighted by Gasteiger charge is 2.21. The Morgan fingerprint density at radius 1 is 1.00 bits per heavy atom. The molecule has 3 rings (SSSR count). The van der Waals surface area contributed by atoms with Crippen LogP contribution in [0.1, 0.15) is 19.3 Å². The van der Waals surface area contributed by atoms with E-state index in [4.69, 9.17) is 19.6 Å². The molecule has 0 saturated carbocycles. The number of anilines is 1. The number of nitrogens with zero attached hydrogens (tertiary/aromatic N) is 1. The fourth-order valence-corrected chi connectivity index (χ4v) is 3.73. The molecule has 0 fully saturated rings. The summed E-state index contributed by atoms with van der Waals surface area (Å²) in [5, 5.41) is 13.8. The number of phenolic OH excluding ortho intramolecular Hbond substituents is 1. The van der Waals surface area contributed by atoms with Gasteiger partial charge < -0.3 is 34.9 Å². The minimum absolute atomic E-state index is 0.101. The maximum absolute atomic E-state index is 13.0. The number of hydrogen-bond donors (Lipinski definition) is 3. The molecule has 0 bridgehead atoms. The van der Waals surface area contributed by atoms with E-state index in [-0.39, 0.29) is 39.4 Å². The van der Waals surface area contributed by atoms with E-state index >= 15 is 0 Å². The lowest BCUT2D eigenvalue weighted by Gasteiger charge is -2.20. The van der Waals surface area contributed by atoms with Crippen LogP contribution in [0.15, 0.2) is 45.6 Å². The second-order valence-electron chi connectivity index (χ2n) is 7.86. The molecule has 178 valence electrons. The average Bonchev–Trinajstić information content (AvgIpc) is 2.83. The van der Waals surface area contributed by atoms with Gasteiger partial charge in [0.25, 0.3) is 0 Å². The summed E-state index contributed by atoms with van der Waals surface area (Å²) in [6.45, 7) is 3.61. The summed E-state index contributed by atoms with van der Waals surface area (Å²) in [5.74, 6) is 0.410. The maximum Gasteiger partial charge on any atom is 0.235 e. The number of benzene rings is 2. The van der Waals surface area contributed by atoms with Crippen molar-refractivity contribution in [3.8, 4) is 28.6 Å². The highest BCUT2D eigenvalue weighted by molar-refractivity contribution is 5.88. The van der Waals surface area contributed by atoms with E-state index in [1.807, 2.05) is 24.3 Å². The highest BCUT2D eigenvalue weighted by Crippen LogP contribution is 2.38. The topological polar surface area (TPSA) is 110 Å². The minimum Gasteiger partial charge on any atom is -0.504 e. The van der Waals surface area contributed by atoms with Crippen LogP contribution in [0.2, 0.25) is 0 Å². The van der Waals surface area contributed by atoms with Gasteiger partial charge in [0.1, 0.15) is 0 Å². The molecule has 0 unspecified atom stereocenters. The molecule has 0 saturated heterocycles. The Balaban J connectivity index is 1.78. The van der Waals surface area contributed by atoms with Crippen LogP contribution in [0, 0.1) is 0 Å². The molecule has 1 aromatic heterocycles. The van der Waals surface area contributed by atoms with Gasteiger partial charge in [-0.15, -0.1) is 0 Å². The Labute approximate surface area is 193 Å². The number of methoxy groups -OCH3 is 2. The van der Waals surface area contributed by atoms with Gasteiger partial charge in [-0.2, -0.15) is 0 Å². The third-order valence-corrected chi connectivity index (χ3v) is 5.59. The van der Waals surface area contributed by atoms with Crippen molar-refractivity contribution in [2.24, 2.45) is 5.73 Å². The zero-order valence-corrected chi connectivity index (χ0v) is 19.5. The fourth-order valence-electron chi connectivity index (χ4n) is 3.73. The van der Waals surface area contributed by atoms with E-state index in [1.165, 1.54) is 26.4 Å². The monoisotopic (exact) mass is 455 g/mol. The third kappa shape index (κ3) is 5.58. The second kappa shape index (κ2) is 11.6. The molecular formula is C25H33N3O5. The SMILES string of the molecule is COc1c(-c2ccc(N(C)CCCCNCCCN)cc2)oc2c(OC)c(O)ccc2c1=O. The van der Waals surface area contributed by atoms with Gasteiger partial charge in [0, 0.05) is 24.8 Å². The van der Waals surface area contributed by atoms with Gasteiger partial charge in [0.15, 0.2) is 17.1 Å². The van der Waals surface area contributed by atoms with Crippen molar-refractivity contribution in [3.05, 3.63) is 46.6 Å². The number of nitrogens with two attached hydrogens (primary N) is 1. The first-order valence-electron chi connectivity index (χ1n) is 11.1. The summed E-state index contributed by atoms with van der Waals surface area (Å²) in [4.78, 5) is 15.2. The van der Waals surface area contributed by atoms with Crippen molar-refractivity contribution in [1.29, 1.82) is 0 Å². The molecule has 0 spiro atoms. The lowest BCUT2D eigenvalue weighted by molar-refractivity contribution is 0.367. The normalized spacial score (nSPS) is 11.0. The molecule has 0 aliphatic heterocycles. The number of ether oxygens (including phenoxy) is 2. The van der Waals surface area contributed by atoms with E-state index in [9.17, 15) is 9.90 Å². The molecule has 0 radical (unpaired) electrons. The Morgan fingerprint density at radius 3 is 2.36 bits per heavy atom. The zero-order chi connectivity index (χ0) is 23.8. The van der Waals surface area contributed by atoms with Gasteiger partial charge in [-0.05, 0) is 75.3 Å². The van der Waals surface area contributed by atoms with Crippen LogP contribution in [0.4, 0.5) is 5.69 Å². The van der Waals surface area contributed by atoms with E-state index < -0.39 is 0 Å². The number of hydrogen-bond acceptors (Lipinski definition) is 8. The number of fused-ring (bicyclic) bond motifs is 1. The van der Waals surface area contributed by atoms with Gasteiger partial charge in [-0.1, -0.05) is 0 Å². The standard InChI is InChI=1S/C25H33N3O5/c1-28(16-5-4-14-27-15-6-13-26)18-9-7-17(8-10-18)22-25(32-3)21(30)19-11-12-20(29)24(31-2)23(19)33-22/h7-12,27,29H,4-6,13-16,26H2,1-3H3. The molecule has 8 heteroatoms. The lowest BCUT2D eigenvalue weighted by Crippen LogP contribution is -2.22. The molecule has 1 heterocycles. The number of rotatable bonds is 12. The van der Waals surface area contributed by atoms with Crippen LogP contribution in [0.5, 0.6) is 17.2 Å². The zero-order valence-electron chi connectivity index (χ0n) is 19.5. The Kier molecular flexibility index (Phi) is 8.57. The quantitative estimate of drug-likeness (QED) is 0.357. The molecule has 0 aliphatic rings. The molecule has 0 aliphatic carbocycles. The van der Waals surface area contributed by atoms with Crippen molar-refractivity contribution < 1.29 is 19.0 Å². The Morgan fingerprint density at radius 2 is 1.70 bits per heavy atom. The lowest BCUT2D eigenvalue weighted by atomic mass is 10.1. The number of nitrogens with one attached hydrogen (secondary N) is 1. The van der Waals surface area contributed by atoms with Gasteiger partial charge >= 0.3 is 0 Å². The Hall–Kier alpha value is -3.23. The summed E-state index contributed by atoms with van der Waals surface area (Å²) >= 11 is 0. The molecule has 8 nitrogen and oxygen atoms in total. The fraction of sp³-hybridized carbons (Fsp3) is 0.400. The number of unbranched alkanes of at least 4 members (excludes halogenated alkanes) is 1. The number of aromatic hydroxyl groups is 1. The van der Waals surface area contributed by atoms with Crippen LogP contribution in [0.3, 0.4) is 0 Å². The summed E-state index contributed by atoms with van der Waals surface area (Å²) < 4.78 is 16.7. The average molecular weight is 456 g/mol. The summed E-state index contributed by atoms with van der Waals surface area (Å²) in [6.07, 6.45) is 3.17. The summed E-state index contributed by atoms with van der Waals surface area (Å²) in [7, 11) is 4.91. The van der Waals surface area contributed by atoms with Crippen molar-refractivity contribution in [3.63, 3.8) is 0 Å². The Bertz CT molecular complexity index is 1110. The predicted octanol–water partition coefficient (Wildman–Crippen LogP) is 3.34. The van der Waals surface area contributed by atoms with Crippen LogP contribution >= 0.6 is 0 Å². The molecule has 3 aromatic rings. The first kappa shape index (κ1) is 24.4. The van der Waals surface area contributed by atoms with E-state index in [1.54, 1.807) is 0 Å². The smallest absolute Gasteiger partial charge is 0.235 e. The molecular weight excluding hydrogens is 422 g/mol. The maximum atomic E-state index is 13.0. The van der Waals surface area contributed by atoms with E-state index in [0.717, 1.165) is 51.1 Å². The second-order valence-corrected chi connectivity index (χ2v) is 7.86. The van der Waals surface area contributed by atoms with Crippen LogP contribution in [0.25, 0.3) is 22.3 Å². The minimum atomic E-state index is -0.326. The van der Waals surface area contributed by atoms with Crippen molar-refractivity contribution >= 4 is 16.7 Å². The first-order chi connectivity index (χ1) is 16.0. The van der Waals surface area contributed by atoms with Gasteiger partial charge in [0.05, 0.1) is 19.6 Å². The summed E-state index contributed by atoms with van der Waals surface area (Å²) in [6, 6.07) is 10.6. The molecule has 33 heavy (non-hydrogen) atoms. The molecule has 0 amide bonds. The highest BCUT2D eigenvalue weighted by atomic mass is 16.5. The van der Waals surface area contributed by atoms with Gasteiger partial charge in [0.2, 0.25) is 16.9 Å². The van der Waals surface area contributed by atoms with E-state index in [0.29, 0.717) is 5.56 Å². The van der Waals surface area contributed by atoms with Gasteiger partial charge in [-0.3, -0.25) is 4.79 Å². The predicted molar refractivity (Wildman–Crippen MR) is 132 cm³/mol. The molecule has 2 aromatic carbocycles. The van der Waals surface area contributed by atoms with E-state index in [2.05, 4.69) is 17.3 Å². The van der Waals surface area contributed by atoms with Crippen molar-refractivity contribution in [1.82, 2.24) is 5.32 Å². The van der Waals surface area contributed by atoms with Crippen LogP contribution < -0.4 is 30.9 Å². The van der Waals surface area contributed by atoms with Crippen LogP contribution in [-0.4, -0.2) is 52.6 Å².